The van der Waals surface area contributed by atoms with Crippen LogP contribution in [-0.2, 0) is 9.53 Å². The minimum atomic E-state index is -0.920. The summed E-state index contributed by atoms with van der Waals surface area (Å²) < 4.78 is 5.24. The first-order valence-corrected chi connectivity index (χ1v) is 6.14. The molecule has 0 aromatic rings. The molecule has 18 heavy (non-hydrogen) atoms. The van der Waals surface area contributed by atoms with E-state index < -0.39 is 5.97 Å². The fourth-order valence-electron chi connectivity index (χ4n) is 1.77. The summed E-state index contributed by atoms with van der Waals surface area (Å²) in [7, 11) is 0. The summed E-state index contributed by atoms with van der Waals surface area (Å²) in [4.78, 5) is 23.9. The Labute approximate surface area is 106 Å². The first-order valence-electron chi connectivity index (χ1n) is 6.14. The number of nitrogens with zero attached hydrogens (tertiary/aromatic N) is 1. The SMILES string of the molecule is CC(CN1CCOCC1)NC(=O)NCCC(=O)O. The van der Waals surface area contributed by atoms with Gasteiger partial charge in [-0.1, -0.05) is 0 Å². The second-order valence-corrected chi connectivity index (χ2v) is 4.36. The van der Waals surface area contributed by atoms with E-state index in [0.29, 0.717) is 0 Å². The first kappa shape index (κ1) is 14.7. The molecule has 7 nitrogen and oxygen atoms in total. The van der Waals surface area contributed by atoms with Crippen molar-refractivity contribution in [3.05, 3.63) is 0 Å². The molecule has 0 aromatic carbocycles. The number of nitrogens with one attached hydrogen (secondary N) is 2. The molecule has 1 aliphatic heterocycles. The summed E-state index contributed by atoms with van der Waals surface area (Å²) >= 11 is 0. The van der Waals surface area contributed by atoms with Gasteiger partial charge in [0.2, 0.25) is 0 Å². The summed E-state index contributed by atoms with van der Waals surface area (Å²) in [5.41, 5.74) is 0. The molecule has 0 saturated carbocycles. The Morgan fingerprint density at radius 1 is 1.39 bits per heavy atom. The largest absolute Gasteiger partial charge is 0.481 e. The van der Waals surface area contributed by atoms with Gasteiger partial charge >= 0.3 is 12.0 Å². The standard InChI is InChI=1S/C11H21N3O4/c1-9(8-14-4-6-18-7-5-14)13-11(17)12-3-2-10(15)16/h9H,2-8H2,1H3,(H,15,16)(H2,12,13,17). The third-order valence-electron chi connectivity index (χ3n) is 2.64. The molecule has 1 saturated heterocycles. The Hall–Kier alpha value is -1.34. The van der Waals surface area contributed by atoms with Crippen molar-refractivity contribution in [2.45, 2.75) is 19.4 Å². The summed E-state index contributed by atoms with van der Waals surface area (Å²) in [6, 6.07) is -0.301. The maximum atomic E-state index is 11.4. The molecule has 7 heteroatoms. The van der Waals surface area contributed by atoms with Gasteiger partial charge in [0.15, 0.2) is 0 Å². The van der Waals surface area contributed by atoms with Crippen molar-refractivity contribution in [3.8, 4) is 0 Å². The Balaban J connectivity index is 2.12. The number of carboxylic acids is 1. The van der Waals surface area contributed by atoms with Crippen LogP contribution in [0.2, 0.25) is 0 Å². The van der Waals surface area contributed by atoms with E-state index in [0.717, 1.165) is 32.8 Å². The summed E-state index contributed by atoms with van der Waals surface area (Å²) in [5, 5.41) is 13.7. The Morgan fingerprint density at radius 2 is 2.06 bits per heavy atom. The van der Waals surface area contributed by atoms with Gasteiger partial charge in [-0.3, -0.25) is 9.69 Å². The maximum absolute atomic E-state index is 11.4. The van der Waals surface area contributed by atoms with Gasteiger partial charge in [-0.2, -0.15) is 0 Å². The van der Waals surface area contributed by atoms with Gasteiger partial charge in [0.25, 0.3) is 0 Å². The molecule has 1 rings (SSSR count). The fraction of sp³-hybridized carbons (Fsp3) is 0.818. The van der Waals surface area contributed by atoms with E-state index in [1.165, 1.54) is 0 Å². The van der Waals surface area contributed by atoms with E-state index in [1.54, 1.807) is 0 Å². The molecule has 0 aromatic heterocycles. The lowest BCUT2D eigenvalue weighted by Gasteiger charge is -2.29. The number of hydrogen-bond acceptors (Lipinski definition) is 4. The van der Waals surface area contributed by atoms with Gasteiger partial charge in [-0.25, -0.2) is 4.79 Å². The Morgan fingerprint density at radius 3 is 2.67 bits per heavy atom. The topological polar surface area (TPSA) is 90.9 Å². The van der Waals surface area contributed by atoms with E-state index in [1.807, 2.05) is 6.92 Å². The molecule has 1 aliphatic rings. The molecule has 1 unspecified atom stereocenters. The number of ether oxygens (including phenoxy) is 1. The number of carbonyl (C=O) groups is 2. The minimum absolute atomic E-state index is 0.0212. The lowest BCUT2D eigenvalue weighted by molar-refractivity contribution is -0.136. The minimum Gasteiger partial charge on any atom is -0.481 e. The lowest BCUT2D eigenvalue weighted by atomic mass is 10.3. The van der Waals surface area contributed by atoms with Gasteiger partial charge in [0, 0.05) is 32.2 Å². The van der Waals surface area contributed by atoms with E-state index in [9.17, 15) is 9.59 Å². The molecule has 0 radical (unpaired) electrons. The molecular weight excluding hydrogens is 238 g/mol. The lowest BCUT2D eigenvalue weighted by Crippen LogP contribution is -2.48. The van der Waals surface area contributed by atoms with Crippen LogP contribution in [0.3, 0.4) is 0 Å². The van der Waals surface area contributed by atoms with Crippen LogP contribution < -0.4 is 10.6 Å². The Bertz CT molecular complexity index is 279. The van der Waals surface area contributed by atoms with Crippen LogP contribution in [-0.4, -0.2) is 67.4 Å². The van der Waals surface area contributed by atoms with Crippen LogP contribution in [0.4, 0.5) is 4.79 Å². The molecular formula is C11H21N3O4. The fourth-order valence-corrected chi connectivity index (χ4v) is 1.77. The number of hydrogen-bond donors (Lipinski definition) is 3. The number of aliphatic carboxylic acids is 1. The number of morpholine rings is 1. The maximum Gasteiger partial charge on any atom is 0.315 e. The average Bonchev–Trinajstić information content (AvgIpc) is 2.29. The van der Waals surface area contributed by atoms with Crippen LogP contribution in [0.5, 0.6) is 0 Å². The average molecular weight is 259 g/mol. The van der Waals surface area contributed by atoms with Crippen LogP contribution in [0.25, 0.3) is 0 Å². The van der Waals surface area contributed by atoms with Crippen molar-refractivity contribution >= 4 is 12.0 Å². The van der Waals surface area contributed by atoms with Crippen LogP contribution >= 0.6 is 0 Å². The highest BCUT2D eigenvalue weighted by Crippen LogP contribution is 1.98. The van der Waals surface area contributed by atoms with Crippen LogP contribution in [0.1, 0.15) is 13.3 Å². The second-order valence-electron chi connectivity index (χ2n) is 4.36. The normalized spacial score (nSPS) is 18.1. The van der Waals surface area contributed by atoms with E-state index >= 15 is 0 Å². The van der Waals surface area contributed by atoms with Crippen molar-refractivity contribution in [2.75, 3.05) is 39.4 Å². The third kappa shape index (κ3) is 6.41. The van der Waals surface area contributed by atoms with Crippen molar-refractivity contribution in [1.82, 2.24) is 15.5 Å². The number of rotatable bonds is 6. The number of carboxylic acid groups (broad SMARTS) is 1. The Kier molecular flexibility index (Phi) is 6.45. The quantitative estimate of drug-likeness (QED) is 0.597. The second kappa shape index (κ2) is 7.88. The molecule has 0 bridgehead atoms. The summed E-state index contributed by atoms with van der Waals surface area (Å²) in [6.45, 7) is 6.07. The zero-order valence-corrected chi connectivity index (χ0v) is 10.6. The summed E-state index contributed by atoms with van der Waals surface area (Å²) in [6.07, 6.45) is -0.0642. The monoisotopic (exact) mass is 259 g/mol. The smallest absolute Gasteiger partial charge is 0.315 e. The van der Waals surface area contributed by atoms with Crippen molar-refractivity contribution in [2.24, 2.45) is 0 Å². The highest BCUT2D eigenvalue weighted by molar-refractivity contribution is 5.75. The zero-order valence-electron chi connectivity index (χ0n) is 10.6. The molecule has 104 valence electrons. The predicted molar refractivity (Wildman–Crippen MR) is 65.5 cm³/mol. The molecule has 1 atom stereocenters. The molecule has 1 fully saturated rings. The van der Waals surface area contributed by atoms with Gasteiger partial charge in [-0.15, -0.1) is 0 Å². The van der Waals surface area contributed by atoms with Gasteiger partial charge in [0.1, 0.15) is 0 Å². The molecule has 3 N–H and O–H groups in total. The summed E-state index contributed by atoms with van der Waals surface area (Å²) in [5.74, 6) is -0.920. The number of carbonyl (C=O) groups excluding carboxylic acids is 1. The number of amides is 2. The van der Waals surface area contributed by atoms with Gasteiger partial charge < -0.3 is 20.5 Å². The molecule has 2 amide bonds. The molecule has 0 spiro atoms. The first-order chi connectivity index (χ1) is 8.58. The van der Waals surface area contributed by atoms with Crippen molar-refractivity contribution < 1.29 is 19.4 Å². The van der Waals surface area contributed by atoms with Crippen LogP contribution in [0, 0.1) is 0 Å². The van der Waals surface area contributed by atoms with Gasteiger partial charge in [0.05, 0.1) is 19.6 Å². The molecule has 0 aliphatic carbocycles. The van der Waals surface area contributed by atoms with E-state index in [-0.39, 0.29) is 25.0 Å². The zero-order chi connectivity index (χ0) is 13.4. The van der Waals surface area contributed by atoms with Gasteiger partial charge in [-0.05, 0) is 6.92 Å². The third-order valence-corrected chi connectivity index (χ3v) is 2.64. The number of urea groups is 1. The van der Waals surface area contributed by atoms with E-state index in [2.05, 4.69) is 15.5 Å². The van der Waals surface area contributed by atoms with E-state index in [4.69, 9.17) is 9.84 Å². The molecule has 1 heterocycles. The van der Waals surface area contributed by atoms with Crippen molar-refractivity contribution in [1.29, 1.82) is 0 Å². The predicted octanol–water partition coefficient (Wildman–Crippen LogP) is -0.519. The highest BCUT2D eigenvalue weighted by Gasteiger charge is 2.14. The van der Waals surface area contributed by atoms with Crippen LogP contribution in [0.15, 0.2) is 0 Å². The highest BCUT2D eigenvalue weighted by atomic mass is 16.5. The van der Waals surface area contributed by atoms with Crippen molar-refractivity contribution in [3.63, 3.8) is 0 Å².